The van der Waals surface area contributed by atoms with Gasteiger partial charge in [-0.3, -0.25) is 4.79 Å². The van der Waals surface area contributed by atoms with E-state index in [-0.39, 0.29) is 11.9 Å². The van der Waals surface area contributed by atoms with Crippen molar-refractivity contribution in [3.8, 4) is 0 Å². The fourth-order valence-corrected chi connectivity index (χ4v) is 2.24. The summed E-state index contributed by atoms with van der Waals surface area (Å²) in [5.74, 6) is 0.159. The van der Waals surface area contributed by atoms with E-state index in [1.54, 1.807) is 0 Å². The van der Waals surface area contributed by atoms with Crippen molar-refractivity contribution in [2.45, 2.75) is 38.3 Å². The van der Waals surface area contributed by atoms with Crippen LogP contribution in [0.25, 0.3) is 0 Å². The molecule has 0 radical (unpaired) electrons. The zero-order chi connectivity index (χ0) is 13.0. The van der Waals surface area contributed by atoms with Gasteiger partial charge in [-0.2, -0.15) is 0 Å². The minimum absolute atomic E-state index is 0.159. The molecule has 0 saturated heterocycles. The lowest BCUT2D eigenvalue weighted by molar-refractivity contribution is -0.121. The predicted octanol–water partition coefficient (Wildman–Crippen LogP) is 2.77. The molecule has 0 aromatic heterocycles. The smallest absolute Gasteiger partial charge is 0.221 e. The van der Waals surface area contributed by atoms with Crippen LogP contribution in [-0.4, -0.2) is 18.5 Å². The molecule has 98 valence electrons. The molecule has 0 spiro atoms. The maximum absolute atomic E-state index is 11.5. The van der Waals surface area contributed by atoms with Crippen molar-refractivity contribution < 1.29 is 4.79 Å². The number of rotatable bonds is 6. The van der Waals surface area contributed by atoms with Gasteiger partial charge in [0.25, 0.3) is 0 Å². The Hall–Kier alpha value is -0.870. The summed E-state index contributed by atoms with van der Waals surface area (Å²) in [5, 5.41) is 6.36. The highest BCUT2D eigenvalue weighted by atomic mass is 79.9. The monoisotopic (exact) mass is 310 g/mol. The zero-order valence-corrected chi connectivity index (χ0v) is 12.2. The third-order valence-corrected chi connectivity index (χ3v) is 3.59. The van der Waals surface area contributed by atoms with Crippen LogP contribution in [0.2, 0.25) is 0 Å². The third kappa shape index (κ3) is 4.42. The van der Waals surface area contributed by atoms with Crippen LogP contribution < -0.4 is 10.6 Å². The summed E-state index contributed by atoms with van der Waals surface area (Å²) >= 11 is 3.46. The maximum atomic E-state index is 11.5. The molecule has 18 heavy (non-hydrogen) atoms. The van der Waals surface area contributed by atoms with Crippen molar-refractivity contribution in [3.63, 3.8) is 0 Å². The maximum Gasteiger partial charge on any atom is 0.221 e. The molecular formula is C14H19BrN2O. The van der Waals surface area contributed by atoms with Gasteiger partial charge in [0, 0.05) is 29.5 Å². The van der Waals surface area contributed by atoms with Crippen LogP contribution in [0, 0.1) is 0 Å². The molecular weight excluding hydrogens is 292 g/mol. The highest BCUT2D eigenvalue weighted by molar-refractivity contribution is 9.10. The highest BCUT2D eigenvalue weighted by Crippen LogP contribution is 2.19. The van der Waals surface area contributed by atoms with Gasteiger partial charge in [-0.25, -0.2) is 0 Å². The summed E-state index contributed by atoms with van der Waals surface area (Å²) in [6.45, 7) is 2.83. The summed E-state index contributed by atoms with van der Waals surface area (Å²) in [6, 6.07) is 8.95. The molecule has 1 amide bonds. The lowest BCUT2D eigenvalue weighted by Gasteiger charge is -2.14. The van der Waals surface area contributed by atoms with Crippen LogP contribution in [0.4, 0.5) is 0 Å². The molecule has 0 unspecified atom stereocenters. The fourth-order valence-electron chi connectivity index (χ4n) is 1.82. The first-order chi connectivity index (χ1) is 8.65. The lowest BCUT2D eigenvalue weighted by Crippen LogP contribution is -2.30. The van der Waals surface area contributed by atoms with E-state index in [9.17, 15) is 4.79 Å². The van der Waals surface area contributed by atoms with Gasteiger partial charge in [-0.1, -0.05) is 28.1 Å². The Bertz CT molecular complexity index is 418. The molecule has 0 bridgehead atoms. The van der Waals surface area contributed by atoms with E-state index in [1.807, 2.05) is 12.1 Å². The molecule has 1 fully saturated rings. The fraction of sp³-hybridized carbons (Fsp3) is 0.500. The second-order valence-corrected chi connectivity index (χ2v) is 5.74. The van der Waals surface area contributed by atoms with Gasteiger partial charge >= 0.3 is 0 Å². The quantitative estimate of drug-likeness (QED) is 0.848. The Morgan fingerprint density at radius 3 is 2.94 bits per heavy atom. The van der Waals surface area contributed by atoms with Gasteiger partial charge in [0.2, 0.25) is 5.91 Å². The molecule has 4 heteroatoms. The summed E-state index contributed by atoms with van der Waals surface area (Å²) in [7, 11) is 0. The summed E-state index contributed by atoms with van der Waals surface area (Å²) in [5.41, 5.74) is 1.23. The minimum Gasteiger partial charge on any atom is -0.353 e. The Kier molecular flexibility index (Phi) is 4.78. The van der Waals surface area contributed by atoms with E-state index in [1.165, 1.54) is 5.56 Å². The Morgan fingerprint density at radius 2 is 2.28 bits per heavy atom. The van der Waals surface area contributed by atoms with Crippen molar-refractivity contribution in [1.29, 1.82) is 0 Å². The van der Waals surface area contributed by atoms with Crippen molar-refractivity contribution in [2.24, 2.45) is 0 Å². The molecule has 0 aliphatic heterocycles. The number of benzene rings is 1. The average molecular weight is 311 g/mol. The molecule has 3 nitrogen and oxygen atoms in total. The van der Waals surface area contributed by atoms with E-state index in [2.05, 4.69) is 45.6 Å². The number of carbonyl (C=O) groups excluding carboxylic acids is 1. The first kappa shape index (κ1) is 13.6. The number of amides is 1. The molecule has 1 aromatic carbocycles. The number of halogens is 1. The van der Waals surface area contributed by atoms with Crippen LogP contribution in [0.5, 0.6) is 0 Å². The first-order valence-electron chi connectivity index (χ1n) is 6.43. The van der Waals surface area contributed by atoms with Crippen molar-refractivity contribution in [3.05, 3.63) is 34.3 Å². The van der Waals surface area contributed by atoms with Crippen LogP contribution in [0.1, 0.15) is 37.8 Å². The predicted molar refractivity (Wildman–Crippen MR) is 76.3 cm³/mol. The van der Waals surface area contributed by atoms with Crippen LogP contribution >= 0.6 is 15.9 Å². The van der Waals surface area contributed by atoms with Gasteiger partial charge in [0.1, 0.15) is 0 Å². The number of carbonyl (C=O) groups is 1. The second kappa shape index (κ2) is 6.34. The summed E-state index contributed by atoms with van der Waals surface area (Å²) < 4.78 is 1.08. The topological polar surface area (TPSA) is 41.1 Å². The standard InChI is InChI=1S/C14H19BrN2O/c1-10(11-3-2-4-12(15)9-11)16-8-7-14(18)17-13-5-6-13/h2-4,9-10,13,16H,5-8H2,1H3,(H,17,18)/t10-/m1/s1. The minimum atomic E-state index is 0.159. The van der Waals surface area contributed by atoms with Crippen molar-refractivity contribution in [2.75, 3.05) is 6.54 Å². The van der Waals surface area contributed by atoms with Gasteiger partial charge in [0.15, 0.2) is 0 Å². The van der Waals surface area contributed by atoms with Crippen molar-refractivity contribution >= 4 is 21.8 Å². The van der Waals surface area contributed by atoms with E-state index in [4.69, 9.17) is 0 Å². The van der Waals surface area contributed by atoms with E-state index in [0.717, 1.165) is 17.3 Å². The Labute approximate surface area is 116 Å². The molecule has 2 rings (SSSR count). The van der Waals surface area contributed by atoms with E-state index >= 15 is 0 Å². The van der Waals surface area contributed by atoms with E-state index in [0.29, 0.717) is 19.0 Å². The van der Waals surface area contributed by atoms with Gasteiger partial charge in [0.05, 0.1) is 0 Å². The number of nitrogens with one attached hydrogen (secondary N) is 2. The Morgan fingerprint density at radius 1 is 1.50 bits per heavy atom. The summed E-state index contributed by atoms with van der Waals surface area (Å²) in [6.07, 6.45) is 2.84. The molecule has 1 atom stereocenters. The number of hydrogen-bond donors (Lipinski definition) is 2. The second-order valence-electron chi connectivity index (χ2n) is 4.82. The molecule has 2 N–H and O–H groups in total. The molecule has 1 saturated carbocycles. The highest BCUT2D eigenvalue weighted by Gasteiger charge is 2.22. The first-order valence-corrected chi connectivity index (χ1v) is 7.22. The van der Waals surface area contributed by atoms with Crippen LogP contribution in [-0.2, 0) is 4.79 Å². The lowest BCUT2D eigenvalue weighted by atomic mass is 10.1. The largest absolute Gasteiger partial charge is 0.353 e. The third-order valence-electron chi connectivity index (χ3n) is 3.09. The van der Waals surface area contributed by atoms with Crippen LogP contribution in [0.15, 0.2) is 28.7 Å². The van der Waals surface area contributed by atoms with Crippen molar-refractivity contribution in [1.82, 2.24) is 10.6 Å². The molecule has 1 aliphatic carbocycles. The van der Waals surface area contributed by atoms with Gasteiger partial charge in [-0.05, 0) is 37.5 Å². The normalized spacial score (nSPS) is 16.3. The Balaban J connectivity index is 1.70. The van der Waals surface area contributed by atoms with E-state index < -0.39 is 0 Å². The average Bonchev–Trinajstić information content (AvgIpc) is 3.12. The van der Waals surface area contributed by atoms with Gasteiger partial charge < -0.3 is 10.6 Å². The zero-order valence-electron chi connectivity index (χ0n) is 10.6. The van der Waals surface area contributed by atoms with Gasteiger partial charge in [-0.15, -0.1) is 0 Å². The number of hydrogen-bond acceptors (Lipinski definition) is 2. The summed E-state index contributed by atoms with van der Waals surface area (Å²) in [4.78, 5) is 11.5. The molecule has 0 heterocycles. The molecule has 1 aromatic rings. The molecule has 1 aliphatic rings. The van der Waals surface area contributed by atoms with Crippen LogP contribution in [0.3, 0.4) is 0 Å². The SMILES string of the molecule is C[C@@H](NCCC(=O)NC1CC1)c1cccc(Br)c1.